The molecule has 0 amide bonds. The van der Waals surface area contributed by atoms with Crippen molar-refractivity contribution >= 4 is 13.6 Å². The molecule has 0 aliphatic carbocycles. The van der Waals surface area contributed by atoms with Gasteiger partial charge in [-0.2, -0.15) is 0 Å². The zero-order valence-electron chi connectivity index (χ0n) is 8.74. The van der Waals surface area contributed by atoms with E-state index in [0.29, 0.717) is 19.4 Å². The molecule has 94 valence electrons. The van der Waals surface area contributed by atoms with Crippen LogP contribution in [0.15, 0.2) is 11.9 Å². The molecular weight excluding hydrogens is 235 g/mol. The van der Waals surface area contributed by atoms with Crippen LogP contribution in [0.4, 0.5) is 0 Å². The van der Waals surface area contributed by atoms with E-state index in [0.717, 1.165) is 5.82 Å². The van der Waals surface area contributed by atoms with E-state index in [4.69, 9.17) is 20.6 Å². The molecule has 0 aliphatic rings. The van der Waals surface area contributed by atoms with Crippen molar-refractivity contribution in [3.8, 4) is 0 Å². The third-order valence-corrected chi connectivity index (χ3v) is 2.38. The zero-order valence-corrected chi connectivity index (χ0v) is 9.64. The number of aliphatic carboxylic acids is 1. The summed E-state index contributed by atoms with van der Waals surface area (Å²) in [4.78, 5) is 27.7. The fourth-order valence-corrected chi connectivity index (χ4v) is 1.42. The molecule has 0 aromatic carbocycles. The third-order valence-electron chi connectivity index (χ3n) is 1.78. The first kappa shape index (κ1) is 15.3. The lowest BCUT2D eigenvalue weighted by Gasteiger charge is -2.12. The molecule has 1 atom stereocenters. The van der Waals surface area contributed by atoms with Gasteiger partial charge in [0.05, 0.1) is 0 Å². The highest BCUT2D eigenvalue weighted by Gasteiger charge is 2.14. The fourth-order valence-electron chi connectivity index (χ4n) is 1.04. The van der Waals surface area contributed by atoms with E-state index < -0.39 is 19.6 Å². The average Bonchev–Trinajstić information content (AvgIpc) is 2.14. The lowest BCUT2D eigenvalue weighted by Crippen LogP contribution is -2.37. The van der Waals surface area contributed by atoms with Crippen LogP contribution < -0.4 is 11.1 Å². The van der Waals surface area contributed by atoms with Crippen molar-refractivity contribution in [2.75, 3.05) is 13.1 Å². The monoisotopic (exact) mass is 252 g/mol. The van der Waals surface area contributed by atoms with Gasteiger partial charge in [0.1, 0.15) is 6.04 Å². The molecule has 0 saturated carbocycles. The summed E-state index contributed by atoms with van der Waals surface area (Å²) in [6.45, 7) is 0.496. The van der Waals surface area contributed by atoms with Crippen molar-refractivity contribution in [3.05, 3.63) is 11.9 Å². The summed E-state index contributed by atoms with van der Waals surface area (Å²) < 4.78 is 10.4. The number of carboxylic acids is 1. The third kappa shape index (κ3) is 8.58. The van der Waals surface area contributed by atoms with Gasteiger partial charge in [0, 0.05) is 12.4 Å². The van der Waals surface area contributed by atoms with Gasteiger partial charge in [0.25, 0.3) is 0 Å². The molecule has 0 aromatic rings. The van der Waals surface area contributed by atoms with Gasteiger partial charge >= 0.3 is 13.6 Å². The largest absolute Gasteiger partial charge is 0.480 e. The van der Waals surface area contributed by atoms with Crippen molar-refractivity contribution in [2.24, 2.45) is 5.73 Å². The quantitative estimate of drug-likeness (QED) is 0.366. The normalized spacial score (nSPS) is 14.2. The summed E-state index contributed by atoms with van der Waals surface area (Å²) >= 11 is 0. The first-order chi connectivity index (χ1) is 7.37. The minimum Gasteiger partial charge on any atom is -0.480 e. The van der Waals surface area contributed by atoms with Crippen LogP contribution in [0, 0.1) is 0 Å². The summed E-state index contributed by atoms with van der Waals surface area (Å²) in [6, 6.07) is -0.745. The SMILES string of the molecule is NCCC[C@H](NCC=CP(=O)(O)O)C(=O)O. The molecule has 7 nitrogen and oxygen atoms in total. The fraction of sp³-hybridized carbons (Fsp3) is 0.625. The Morgan fingerprint density at radius 1 is 1.50 bits per heavy atom. The number of hydrogen-bond acceptors (Lipinski definition) is 4. The second-order valence-electron chi connectivity index (χ2n) is 3.20. The predicted molar refractivity (Wildman–Crippen MR) is 58.9 cm³/mol. The Morgan fingerprint density at radius 3 is 2.56 bits per heavy atom. The highest BCUT2D eigenvalue weighted by Crippen LogP contribution is 2.35. The minimum absolute atomic E-state index is 0.0899. The molecule has 0 saturated heterocycles. The second-order valence-corrected chi connectivity index (χ2v) is 4.68. The Balaban J connectivity index is 3.98. The molecule has 0 fully saturated rings. The van der Waals surface area contributed by atoms with Crippen LogP contribution in [0.25, 0.3) is 0 Å². The summed E-state index contributed by atoms with van der Waals surface area (Å²) in [5, 5.41) is 11.4. The molecule has 0 rings (SSSR count). The van der Waals surface area contributed by atoms with Crippen LogP contribution >= 0.6 is 7.60 Å². The number of rotatable bonds is 8. The highest BCUT2D eigenvalue weighted by atomic mass is 31.2. The number of carbonyl (C=O) groups is 1. The standard InChI is InChI=1S/C8H17N2O5P/c9-4-1-3-7(8(11)12)10-5-2-6-16(13,14)15/h2,6-7,10H,1,3-5,9H2,(H,11,12)(H2,13,14,15)/t7-/m0/s1. The lowest BCUT2D eigenvalue weighted by atomic mass is 10.1. The Labute approximate surface area is 93.5 Å². The molecule has 0 aliphatic heterocycles. The molecule has 0 heterocycles. The van der Waals surface area contributed by atoms with Crippen molar-refractivity contribution in [2.45, 2.75) is 18.9 Å². The topological polar surface area (TPSA) is 133 Å². The molecular formula is C8H17N2O5P. The number of carboxylic acid groups (broad SMARTS) is 1. The molecule has 0 radical (unpaired) electrons. The first-order valence-corrected chi connectivity index (χ1v) is 6.44. The second kappa shape index (κ2) is 7.54. The lowest BCUT2D eigenvalue weighted by molar-refractivity contribution is -0.139. The summed E-state index contributed by atoms with van der Waals surface area (Å²) in [6.07, 6.45) is 2.17. The van der Waals surface area contributed by atoms with Crippen LogP contribution in [-0.2, 0) is 9.36 Å². The van der Waals surface area contributed by atoms with Crippen molar-refractivity contribution in [1.29, 1.82) is 0 Å². The van der Waals surface area contributed by atoms with Gasteiger partial charge in [0.2, 0.25) is 0 Å². The minimum atomic E-state index is -4.16. The maximum atomic E-state index is 10.7. The first-order valence-electron chi connectivity index (χ1n) is 4.76. The van der Waals surface area contributed by atoms with Crippen LogP contribution in [0.3, 0.4) is 0 Å². The average molecular weight is 252 g/mol. The summed E-state index contributed by atoms with van der Waals surface area (Å²) in [7, 11) is -4.16. The van der Waals surface area contributed by atoms with Gasteiger partial charge in [-0.1, -0.05) is 6.08 Å². The molecule has 0 bridgehead atoms. The molecule has 16 heavy (non-hydrogen) atoms. The number of hydrogen-bond donors (Lipinski definition) is 5. The van der Waals surface area contributed by atoms with E-state index in [2.05, 4.69) is 5.32 Å². The van der Waals surface area contributed by atoms with Gasteiger partial charge in [-0.05, 0) is 19.4 Å². The predicted octanol–water partition coefficient (Wildman–Crippen LogP) is -0.540. The molecule has 0 spiro atoms. The molecule has 0 unspecified atom stereocenters. The summed E-state index contributed by atoms with van der Waals surface area (Å²) in [5.74, 6) is -0.264. The van der Waals surface area contributed by atoms with Crippen LogP contribution in [0.5, 0.6) is 0 Å². The van der Waals surface area contributed by atoms with Crippen molar-refractivity contribution in [1.82, 2.24) is 5.32 Å². The Kier molecular flexibility index (Phi) is 7.20. The van der Waals surface area contributed by atoms with Crippen molar-refractivity contribution < 1.29 is 24.3 Å². The van der Waals surface area contributed by atoms with Crippen LogP contribution in [0.2, 0.25) is 0 Å². The van der Waals surface area contributed by atoms with E-state index in [9.17, 15) is 9.36 Å². The number of nitrogens with one attached hydrogen (secondary N) is 1. The van der Waals surface area contributed by atoms with Gasteiger partial charge in [-0.25, -0.2) is 0 Å². The van der Waals surface area contributed by atoms with Gasteiger partial charge < -0.3 is 25.9 Å². The van der Waals surface area contributed by atoms with Crippen molar-refractivity contribution in [3.63, 3.8) is 0 Å². The maximum Gasteiger partial charge on any atom is 0.348 e. The smallest absolute Gasteiger partial charge is 0.348 e. The van der Waals surface area contributed by atoms with Gasteiger partial charge in [-0.3, -0.25) is 9.36 Å². The number of nitrogens with two attached hydrogens (primary N) is 1. The molecule has 8 heteroatoms. The van der Waals surface area contributed by atoms with E-state index in [1.54, 1.807) is 0 Å². The Bertz CT molecular complexity index is 288. The maximum absolute atomic E-state index is 10.7. The Morgan fingerprint density at radius 2 is 2.12 bits per heavy atom. The van der Waals surface area contributed by atoms with E-state index >= 15 is 0 Å². The van der Waals surface area contributed by atoms with Crippen LogP contribution in [-0.4, -0.2) is 40.0 Å². The summed E-state index contributed by atoms with van der Waals surface area (Å²) in [5.41, 5.74) is 5.25. The van der Waals surface area contributed by atoms with Gasteiger partial charge in [-0.15, -0.1) is 0 Å². The van der Waals surface area contributed by atoms with Gasteiger partial charge in [0.15, 0.2) is 0 Å². The molecule has 6 N–H and O–H groups in total. The molecule has 0 aromatic heterocycles. The Hall–Kier alpha value is -0.720. The zero-order chi connectivity index (χ0) is 12.6. The van der Waals surface area contributed by atoms with E-state index in [1.807, 2.05) is 0 Å². The van der Waals surface area contributed by atoms with E-state index in [-0.39, 0.29) is 6.54 Å². The highest BCUT2D eigenvalue weighted by molar-refractivity contribution is 7.55. The van der Waals surface area contributed by atoms with Crippen LogP contribution in [0.1, 0.15) is 12.8 Å². The van der Waals surface area contributed by atoms with E-state index in [1.165, 1.54) is 6.08 Å².